The van der Waals surface area contributed by atoms with Crippen LogP contribution in [-0.4, -0.2) is 42.8 Å². The van der Waals surface area contributed by atoms with Crippen LogP contribution in [0.15, 0.2) is 29.5 Å². The first kappa shape index (κ1) is 20.0. The highest BCUT2D eigenvalue weighted by molar-refractivity contribution is 7.80. The number of carbonyl (C=O) groups is 1. The van der Waals surface area contributed by atoms with Crippen LogP contribution >= 0.6 is 12.2 Å². The predicted octanol–water partition coefficient (Wildman–Crippen LogP) is 3.18. The molecule has 0 aliphatic carbocycles. The minimum absolute atomic E-state index is 0.0561. The lowest BCUT2D eigenvalue weighted by molar-refractivity contribution is -0.139. The second-order valence-electron chi connectivity index (χ2n) is 6.21. The molecule has 1 atom stereocenters. The number of ether oxygens (including phenoxy) is 3. The summed E-state index contributed by atoms with van der Waals surface area (Å²) in [6, 6.07) is 5.11. The monoisotopic (exact) mass is 378 g/mol. The van der Waals surface area contributed by atoms with Crippen molar-refractivity contribution in [2.24, 2.45) is 0 Å². The molecule has 26 heavy (non-hydrogen) atoms. The summed E-state index contributed by atoms with van der Waals surface area (Å²) in [6.07, 6.45) is -0.0561. The second kappa shape index (κ2) is 8.40. The molecule has 0 saturated heterocycles. The van der Waals surface area contributed by atoms with E-state index >= 15 is 0 Å². The van der Waals surface area contributed by atoms with Gasteiger partial charge in [0.25, 0.3) is 0 Å². The number of allylic oxidation sites excluding steroid dienone is 1. The summed E-state index contributed by atoms with van der Waals surface area (Å²) in [5, 5.41) is 3.76. The first-order valence-corrected chi connectivity index (χ1v) is 8.98. The maximum atomic E-state index is 12.7. The van der Waals surface area contributed by atoms with Crippen LogP contribution in [0.1, 0.15) is 39.3 Å². The third kappa shape index (κ3) is 3.93. The van der Waals surface area contributed by atoms with E-state index in [1.165, 1.54) is 0 Å². The van der Waals surface area contributed by atoms with E-state index in [0.29, 0.717) is 28.8 Å². The van der Waals surface area contributed by atoms with Crippen molar-refractivity contribution in [2.45, 2.75) is 39.8 Å². The molecule has 0 aromatic heterocycles. The van der Waals surface area contributed by atoms with E-state index in [4.69, 9.17) is 26.4 Å². The molecule has 0 saturated carbocycles. The molecule has 6 nitrogen and oxygen atoms in total. The Bertz CT molecular complexity index is 730. The highest BCUT2D eigenvalue weighted by atomic mass is 32.1. The molecule has 2 rings (SSSR count). The van der Waals surface area contributed by atoms with Gasteiger partial charge in [-0.2, -0.15) is 0 Å². The zero-order valence-electron chi connectivity index (χ0n) is 16.1. The Morgan fingerprint density at radius 2 is 2.08 bits per heavy atom. The lowest BCUT2D eigenvalue weighted by Crippen LogP contribution is -2.46. The van der Waals surface area contributed by atoms with E-state index in [9.17, 15) is 4.79 Å². The van der Waals surface area contributed by atoms with Gasteiger partial charge >= 0.3 is 5.97 Å². The maximum Gasteiger partial charge on any atom is 0.338 e. The number of esters is 1. The minimum Gasteiger partial charge on any atom is -0.493 e. The molecular weight excluding hydrogens is 352 g/mol. The molecule has 0 radical (unpaired) electrons. The first-order chi connectivity index (χ1) is 12.3. The highest BCUT2D eigenvalue weighted by Gasteiger charge is 2.35. The summed E-state index contributed by atoms with van der Waals surface area (Å²) in [7, 11) is 3.41. The third-order valence-electron chi connectivity index (χ3n) is 4.14. The molecule has 142 valence electrons. The molecule has 1 aromatic carbocycles. The summed E-state index contributed by atoms with van der Waals surface area (Å²) in [6.45, 7) is 7.82. The smallest absolute Gasteiger partial charge is 0.338 e. The van der Waals surface area contributed by atoms with E-state index in [1.54, 1.807) is 18.9 Å². The molecule has 1 aromatic rings. The number of carbonyl (C=O) groups excluding carboxylic acids is 1. The number of hydrogen-bond acceptors (Lipinski definition) is 5. The van der Waals surface area contributed by atoms with Gasteiger partial charge in [-0.1, -0.05) is 12.1 Å². The second-order valence-corrected chi connectivity index (χ2v) is 6.59. The number of thiocarbonyl (C=S) groups is 1. The van der Waals surface area contributed by atoms with Crippen molar-refractivity contribution in [3.8, 4) is 11.5 Å². The number of nitrogens with zero attached hydrogens (tertiary/aromatic N) is 1. The van der Waals surface area contributed by atoms with Gasteiger partial charge in [-0.25, -0.2) is 4.79 Å². The van der Waals surface area contributed by atoms with Gasteiger partial charge in [-0.15, -0.1) is 0 Å². The largest absolute Gasteiger partial charge is 0.493 e. The van der Waals surface area contributed by atoms with E-state index in [1.807, 2.05) is 46.0 Å². The Kier molecular flexibility index (Phi) is 6.47. The van der Waals surface area contributed by atoms with Crippen molar-refractivity contribution >= 4 is 23.3 Å². The SMILES string of the molecule is CCOC(=O)C1=C(C)N(C)C(=S)NC1c1cccc(OC)c1OC(C)C. The fourth-order valence-corrected chi connectivity index (χ4v) is 3.08. The fraction of sp³-hybridized carbons (Fsp3) is 0.474. The lowest BCUT2D eigenvalue weighted by atomic mass is 9.94. The Labute approximate surface area is 160 Å². The van der Waals surface area contributed by atoms with Crippen molar-refractivity contribution in [1.82, 2.24) is 10.2 Å². The number of benzene rings is 1. The average Bonchev–Trinajstić information content (AvgIpc) is 2.59. The van der Waals surface area contributed by atoms with Gasteiger partial charge in [0.15, 0.2) is 16.6 Å². The Balaban J connectivity index is 2.64. The summed E-state index contributed by atoms with van der Waals surface area (Å²) in [4.78, 5) is 14.4. The molecule has 1 unspecified atom stereocenters. The molecule has 0 amide bonds. The fourth-order valence-electron chi connectivity index (χ4n) is 2.82. The van der Waals surface area contributed by atoms with Crippen molar-refractivity contribution in [3.63, 3.8) is 0 Å². The van der Waals surface area contributed by atoms with Crippen LogP contribution in [0.4, 0.5) is 0 Å². The number of methoxy groups -OCH3 is 1. The standard InChI is InChI=1S/C19H26N2O4S/c1-7-24-18(22)15-12(4)21(5)19(26)20-16(15)13-9-8-10-14(23-6)17(13)25-11(2)3/h8-11,16H,7H2,1-6H3,(H,20,26). The zero-order chi connectivity index (χ0) is 19.4. The minimum atomic E-state index is -0.485. The topological polar surface area (TPSA) is 60.0 Å². The van der Waals surface area contributed by atoms with Gasteiger partial charge in [-0.3, -0.25) is 0 Å². The number of rotatable bonds is 6. The predicted molar refractivity (Wildman–Crippen MR) is 104 cm³/mol. The average molecular weight is 378 g/mol. The van der Waals surface area contributed by atoms with Gasteiger partial charge in [0, 0.05) is 18.3 Å². The Morgan fingerprint density at radius 1 is 1.38 bits per heavy atom. The third-order valence-corrected chi connectivity index (χ3v) is 4.53. The summed E-state index contributed by atoms with van der Waals surface area (Å²) < 4.78 is 16.8. The van der Waals surface area contributed by atoms with E-state index < -0.39 is 6.04 Å². The van der Waals surface area contributed by atoms with Crippen molar-refractivity contribution in [3.05, 3.63) is 35.0 Å². The summed E-state index contributed by atoms with van der Waals surface area (Å²) >= 11 is 5.44. The molecular formula is C19H26N2O4S. The molecule has 7 heteroatoms. The Morgan fingerprint density at radius 3 is 2.65 bits per heavy atom. The lowest BCUT2D eigenvalue weighted by Gasteiger charge is -2.36. The molecule has 0 spiro atoms. The van der Waals surface area contributed by atoms with Gasteiger partial charge in [-0.05, 0) is 46.0 Å². The van der Waals surface area contributed by atoms with Gasteiger partial charge in [0.2, 0.25) is 0 Å². The molecule has 1 heterocycles. The number of nitrogens with one attached hydrogen (secondary N) is 1. The van der Waals surface area contributed by atoms with Crippen molar-refractivity contribution < 1.29 is 19.0 Å². The van der Waals surface area contributed by atoms with Crippen molar-refractivity contribution in [2.75, 3.05) is 20.8 Å². The van der Waals surface area contributed by atoms with Crippen LogP contribution in [0.25, 0.3) is 0 Å². The van der Waals surface area contributed by atoms with Crippen LogP contribution in [0.5, 0.6) is 11.5 Å². The van der Waals surface area contributed by atoms with E-state index in [-0.39, 0.29) is 12.1 Å². The number of hydrogen-bond donors (Lipinski definition) is 1. The quantitative estimate of drug-likeness (QED) is 0.603. The number of para-hydroxylation sites is 1. The van der Waals surface area contributed by atoms with E-state index in [0.717, 1.165) is 11.3 Å². The van der Waals surface area contributed by atoms with E-state index in [2.05, 4.69) is 5.32 Å². The molecule has 1 aliphatic heterocycles. The molecule has 0 bridgehead atoms. The van der Waals surface area contributed by atoms with Crippen LogP contribution in [0.2, 0.25) is 0 Å². The van der Waals surface area contributed by atoms with Gasteiger partial charge in [0.05, 0.1) is 31.4 Å². The van der Waals surface area contributed by atoms with Crippen molar-refractivity contribution in [1.29, 1.82) is 0 Å². The zero-order valence-corrected chi connectivity index (χ0v) is 16.9. The summed E-state index contributed by atoms with van der Waals surface area (Å²) in [5.74, 6) is 0.809. The van der Waals surface area contributed by atoms with Crippen LogP contribution in [0.3, 0.4) is 0 Å². The summed E-state index contributed by atoms with van der Waals surface area (Å²) in [5.41, 5.74) is 2.02. The van der Waals surface area contributed by atoms with Crippen LogP contribution in [0, 0.1) is 0 Å². The van der Waals surface area contributed by atoms with Crippen LogP contribution < -0.4 is 14.8 Å². The highest BCUT2D eigenvalue weighted by Crippen LogP contribution is 2.40. The normalized spacial score (nSPS) is 17.3. The Hall–Kier alpha value is -2.28. The van der Waals surface area contributed by atoms with Gasteiger partial charge < -0.3 is 24.4 Å². The maximum absolute atomic E-state index is 12.7. The first-order valence-electron chi connectivity index (χ1n) is 8.57. The molecule has 1 N–H and O–H groups in total. The van der Waals surface area contributed by atoms with Crippen LogP contribution in [-0.2, 0) is 9.53 Å². The molecule has 1 aliphatic rings. The molecule has 0 fully saturated rings. The van der Waals surface area contributed by atoms with Gasteiger partial charge in [0.1, 0.15) is 0 Å².